The third kappa shape index (κ3) is 1.38. The number of hydrogen-bond donors (Lipinski definition) is 2. The van der Waals surface area contributed by atoms with Crippen LogP contribution in [0.4, 0.5) is 0 Å². The minimum atomic E-state index is -1.38. The molecule has 0 aromatic heterocycles. The van der Waals surface area contributed by atoms with Crippen molar-refractivity contribution in [3.05, 3.63) is 0 Å². The van der Waals surface area contributed by atoms with Crippen molar-refractivity contribution in [1.82, 2.24) is 5.32 Å². The lowest BCUT2D eigenvalue weighted by Crippen LogP contribution is -2.40. The molecule has 1 aliphatic heterocycles. The highest BCUT2D eigenvalue weighted by atomic mass is 32.2. The van der Waals surface area contributed by atoms with Crippen molar-refractivity contribution in [3.8, 4) is 0 Å². The van der Waals surface area contributed by atoms with Crippen LogP contribution >= 0.6 is 0 Å². The molecule has 1 saturated heterocycles. The van der Waals surface area contributed by atoms with Crippen LogP contribution in [0.2, 0.25) is 0 Å². The van der Waals surface area contributed by atoms with Crippen LogP contribution in [-0.4, -0.2) is 28.4 Å². The van der Waals surface area contributed by atoms with Gasteiger partial charge in [-0.25, -0.2) is 0 Å². The second-order valence-electron chi connectivity index (χ2n) is 1.87. The van der Waals surface area contributed by atoms with Crippen LogP contribution in [0.1, 0.15) is 0 Å². The minimum Gasteiger partial charge on any atom is -0.688 e. The maximum Gasteiger partial charge on any atom is 0.136 e. The second-order valence-corrected chi connectivity index (χ2v) is 3.80. The molecule has 1 rings (SSSR count). The van der Waals surface area contributed by atoms with E-state index in [9.17, 15) is 4.55 Å². The molecule has 0 aliphatic carbocycles. The van der Waals surface area contributed by atoms with Gasteiger partial charge < -0.3 is 21.0 Å². The Hall–Kier alpha value is -0.220. The fourth-order valence-corrected chi connectivity index (χ4v) is 1.80. The molecule has 0 radical (unpaired) electrons. The van der Waals surface area contributed by atoms with E-state index in [0.717, 1.165) is 12.3 Å². The standard InChI is InChI=1S/C4H10N2OS/c5-4-3-8(7)2-1-6-4/h1-3,8H2,(H2,5,6). The van der Waals surface area contributed by atoms with Crippen molar-refractivity contribution in [1.29, 1.82) is 5.41 Å². The van der Waals surface area contributed by atoms with Crippen LogP contribution in [-0.2, 0) is 11.2 Å². The molecule has 48 valence electrons. The van der Waals surface area contributed by atoms with E-state index in [2.05, 4.69) is 5.32 Å². The lowest BCUT2D eigenvalue weighted by Gasteiger charge is -2.27. The van der Waals surface area contributed by atoms with E-state index < -0.39 is 11.2 Å². The maximum absolute atomic E-state index is 10.7. The van der Waals surface area contributed by atoms with Crippen molar-refractivity contribution in [3.63, 3.8) is 0 Å². The second kappa shape index (κ2) is 2.37. The first-order valence-corrected chi connectivity index (χ1v) is 4.44. The van der Waals surface area contributed by atoms with Crippen molar-refractivity contribution < 1.29 is 4.55 Å². The Morgan fingerprint density at radius 3 is 2.88 bits per heavy atom. The topological polar surface area (TPSA) is 58.9 Å². The molecule has 0 saturated carbocycles. The molecule has 0 bridgehead atoms. The zero-order valence-electron chi connectivity index (χ0n) is 4.53. The lowest BCUT2D eigenvalue weighted by atomic mass is 10.6. The van der Waals surface area contributed by atoms with E-state index in [-0.39, 0.29) is 0 Å². The summed E-state index contributed by atoms with van der Waals surface area (Å²) in [4.78, 5) is 0. The van der Waals surface area contributed by atoms with Gasteiger partial charge >= 0.3 is 0 Å². The summed E-state index contributed by atoms with van der Waals surface area (Å²) in [5.74, 6) is 1.71. The highest BCUT2D eigenvalue weighted by molar-refractivity contribution is 7.92. The maximum atomic E-state index is 10.7. The van der Waals surface area contributed by atoms with E-state index >= 15 is 0 Å². The van der Waals surface area contributed by atoms with Crippen LogP contribution in [0.15, 0.2) is 0 Å². The summed E-state index contributed by atoms with van der Waals surface area (Å²) in [6, 6.07) is 0. The molecule has 0 unspecified atom stereocenters. The van der Waals surface area contributed by atoms with Gasteiger partial charge in [0, 0.05) is 0 Å². The Morgan fingerprint density at radius 2 is 2.50 bits per heavy atom. The average Bonchev–Trinajstić information content (AvgIpc) is 1.64. The molecule has 1 heterocycles. The molecular weight excluding hydrogens is 124 g/mol. The van der Waals surface area contributed by atoms with Gasteiger partial charge in [-0.1, -0.05) is 0 Å². The van der Waals surface area contributed by atoms with E-state index in [0.29, 0.717) is 11.6 Å². The third-order valence-electron chi connectivity index (χ3n) is 1.12. The number of nitrogens with one attached hydrogen (secondary N) is 2. The molecule has 8 heavy (non-hydrogen) atoms. The smallest absolute Gasteiger partial charge is 0.136 e. The fraction of sp³-hybridized carbons (Fsp3) is 0.750. The highest BCUT2D eigenvalue weighted by Gasteiger charge is 2.06. The van der Waals surface area contributed by atoms with Crippen LogP contribution < -0.4 is 5.32 Å². The summed E-state index contributed by atoms with van der Waals surface area (Å²) in [6.07, 6.45) is 0. The van der Waals surface area contributed by atoms with Crippen molar-refractivity contribution in [2.45, 2.75) is 0 Å². The first-order valence-electron chi connectivity index (χ1n) is 2.62. The number of rotatable bonds is 0. The van der Waals surface area contributed by atoms with Gasteiger partial charge in [0.2, 0.25) is 0 Å². The van der Waals surface area contributed by atoms with E-state index in [1.807, 2.05) is 0 Å². The van der Waals surface area contributed by atoms with Crippen molar-refractivity contribution >= 4 is 17.0 Å². The van der Waals surface area contributed by atoms with Gasteiger partial charge in [0.25, 0.3) is 0 Å². The van der Waals surface area contributed by atoms with Crippen LogP contribution in [0.3, 0.4) is 0 Å². The van der Waals surface area contributed by atoms with Crippen LogP contribution in [0.5, 0.6) is 0 Å². The van der Waals surface area contributed by atoms with Gasteiger partial charge in [-0.3, -0.25) is 5.41 Å². The molecule has 3 nitrogen and oxygen atoms in total. The van der Waals surface area contributed by atoms with Gasteiger partial charge in [-0.15, -0.1) is 0 Å². The summed E-state index contributed by atoms with van der Waals surface area (Å²) >= 11 is -1.38. The highest BCUT2D eigenvalue weighted by Crippen LogP contribution is 1.93. The van der Waals surface area contributed by atoms with Gasteiger partial charge in [-0.05, 0) is 0 Å². The molecule has 0 spiro atoms. The number of hydrogen-bond acceptors (Lipinski definition) is 2. The molecule has 4 heteroatoms. The Morgan fingerprint density at radius 1 is 1.75 bits per heavy atom. The fourth-order valence-electron chi connectivity index (χ4n) is 0.701. The molecule has 2 N–H and O–H groups in total. The first-order chi connectivity index (χ1) is 3.79. The summed E-state index contributed by atoms with van der Waals surface area (Å²) in [5, 5.41) is 9.85. The largest absolute Gasteiger partial charge is 0.688 e. The molecular formula is C4H10N2OS. The summed E-state index contributed by atoms with van der Waals surface area (Å²) < 4.78 is 10.7. The Labute approximate surface area is 51.2 Å². The predicted molar refractivity (Wildman–Crippen MR) is 36.4 cm³/mol. The van der Waals surface area contributed by atoms with Crippen molar-refractivity contribution in [2.75, 3.05) is 18.1 Å². The summed E-state index contributed by atoms with van der Waals surface area (Å²) in [6.45, 7) is 0.733. The van der Waals surface area contributed by atoms with Gasteiger partial charge in [0.05, 0.1) is 18.1 Å². The van der Waals surface area contributed by atoms with Crippen LogP contribution in [0, 0.1) is 5.41 Å². The van der Waals surface area contributed by atoms with E-state index in [4.69, 9.17) is 5.41 Å². The van der Waals surface area contributed by atoms with Gasteiger partial charge in [0.1, 0.15) is 5.84 Å². The minimum absolute atomic E-state index is 0.445. The lowest BCUT2D eigenvalue weighted by molar-refractivity contribution is 0.594. The molecule has 1 fully saturated rings. The SMILES string of the molecule is N=C1C[SH2+]([O-])CCN1. The summed E-state index contributed by atoms with van der Waals surface area (Å²) in [7, 11) is 0. The van der Waals surface area contributed by atoms with E-state index in [1.165, 1.54) is 0 Å². The Bertz CT molecular complexity index is 106. The zero-order chi connectivity index (χ0) is 5.98. The predicted octanol–water partition coefficient (Wildman–Crippen LogP) is -1.22. The quantitative estimate of drug-likeness (QED) is 0.408. The zero-order valence-corrected chi connectivity index (χ0v) is 5.53. The van der Waals surface area contributed by atoms with Gasteiger partial charge in [0.15, 0.2) is 0 Å². The summed E-state index contributed by atoms with van der Waals surface area (Å²) in [5.41, 5.74) is 0. The average molecular weight is 134 g/mol. The third-order valence-corrected chi connectivity index (χ3v) is 2.67. The Kier molecular flexibility index (Phi) is 1.75. The van der Waals surface area contributed by atoms with E-state index in [1.54, 1.807) is 0 Å². The molecule has 1 aliphatic rings. The number of amidine groups is 1. The monoisotopic (exact) mass is 134 g/mol. The molecule has 0 aromatic carbocycles. The molecule has 0 amide bonds. The van der Waals surface area contributed by atoms with Crippen LogP contribution in [0.25, 0.3) is 0 Å². The Balaban J connectivity index is 2.34. The normalized spacial score (nSPS) is 25.1. The first kappa shape index (κ1) is 5.91. The molecule has 0 aromatic rings. The molecule has 0 atom stereocenters. The van der Waals surface area contributed by atoms with Gasteiger partial charge in [-0.2, -0.15) is 0 Å². The van der Waals surface area contributed by atoms with Crippen molar-refractivity contribution in [2.24, 2.45) is 0 Å².